The molecule has 4 aliphatic carbocycles. The molecule has 4 bridgehead atoms. The molecule has 16 atom stereocenters. The van der Waals surface area contributed by atoms with Crippen molar-refractivity contribution < 1.29 is 40.5 Å². The van der Waals surface area contributed by atoms with Gasteiger partial charge in [0.15, 0.2) is 5.79 Å². The van der Waals surface area contributed by atoms with Gasteiger partial charge in [0, 0.05) is 42.3 Å². The summed E-state index contributed by atoms with van der Waals surface area (Å²) in [6, 6.07) is -0.111. The highest BCUT2D eigenvalue weighted by atomic mass is 16.6. The highest BCUT2D eigenvalue weighted by Crippen LogP contribution is 2.77. The second-order valence-electron chi connectivity index (χ2n) is 14.7. The first-order valence-electron chi connectivity index (χ1n) is 14.5. The van der Waals surface area contributed by atoms with E-state index >= 15 is 0 Å². The van der Waals surface area contributed by atoms with Gasteiger partial charge in [0.1, 0.15) is 17.8 Å². The standard InChI is InChI=1S/C28H45NO8/c1-13-4-5-18-25(3,34)20-14(11-29(18)10-13)15-9-26-12-37-28(36)17(24(26,2)7-6-19(28)31)8-16(30)22(26)27(15,35)23(33)21(20)32/h13-23,30-36H,4-12H2,1-3H3/t13-,14-,15-,16-,17-,18+,19+,20+,21+,22-,23+,24+,25+,26-,27-,28-/m0/s1. The Hall–Kier alpha value is -0.360. The molecule has 210 valence electrons. The molecule has 4 saturated carbocycles. The fourth-order valence-corrected chi connectivity index (χ4v) is 11.8. The molecular formula is C28H45NO8. The smallest absolute Gasteiger partial charge is 0.195 e. The summed E-state index contributed by atoms with van der Waals surface area (Å²) >= 11 is 0. The van der Waals surface area contributed by atoms with E-state index in [2.05, 4.69) is 18.7 Å². The summed E-state index contributed by atoms with van der Waals surface area (Å²) in [6.07, 6.45) is -1.49. The fraction of sp³-hybridized carbons (Fsp3) is 1.00. The van der Waals surface area contributed by atoms with Crippen molar-refractivity contribution in [3.05, 3.63) is 0 Å². The van der Waals surface area contributed by atoms with Crippen molar-refractivity contribution in [1.82, 2.24) is 4.90 Å². The highest BCUT2D eigenvalue weighted by Gasteiger charge is 2.82. The molecule has 9 nitrogen and oxygen atoms in total. The van der Waals surface area contributed by atoms with Crippen molar-refractivity contribution in [2.45, 2.75) is 107 Å². The summed E-state index contributed by atoms with van der Waals surface area (Å²) in [6.45, 7) is 7.63. The van der Waals surface area contributed by atoms with Crippen LogP contribution in [-0.4, -0.2) is 108 Å². The summed E-state index contributed by atoms with van der Waals surface area (Å²) in [4.78, 5) is 2.33. The van der Waals surface area contributed by atoms with Gasteiger partial charge in [-0.05, 0) is 68.6 Å². The van der Waals surface area contributed by atoms with Crippen LogP contribution in [0.25, 0.3) is 0 Å². The molecule has 0 radical (unpaired) electrons. The summed E-state index contributed by atoms with van der Waals surface area (Å²) in [5, 5.41) is 81.6. The lowest BCUT2D eigenvalue weighted by molar-refractivity contribution is -0.408. The molecule has 3 saturated heterocycles. The van der Waals surface area contributed by atoms with Crippen LogP contribution in [0, 0.1) is 46.3 Å². The zero-order valence-electron chi connectivity index (χ0n) is 22.2. The number of nitrogens with zero attached hydrogens (tertiary/aromatic N) is 1. The molecule has 0 unspecified atom stereocenters. The van der Waals surface area contributed by atoms with Crippen LogP contribution in [-0.2, 0) is 4.74 Å². The normalized spacial score (nSPS) is 66.8. The number of fused-ring (bicyclic) bond motifs is 5. The van der Waals surface area contributed by atoms with Crippen LogP contribution in [0.1, 0.15) is 59.3 Å². The maximum atomic E-state index is 12.6. The van der Waals surface area contributed by atoms with Gasteiger partial charge in [-0.3, -0.25) is 4.90 Å². The molecule has 7 aliphatic rings. The number of rotatable bonds is 0. The first kappa shape index (κ1) is 25.6. The largest absolute Gasteiger partial charge is 0.393 e. The summed E-state index contributed by atoms with van der Waals surface area (Å²) < 4.78 is 6.10. The molecule has 0 aromatic rings. The van der Waals surface area contributed by atoms with E-state index in [-0.39, 0.29) is 25.0 Å². The maximum Gasteiger partial charge on any atom is 0.195 e. The van der Waals surface area contributed by atoms with Crippen LogP contribution in [0.15, 0.2) is 0 Å². The van der Waals surface area contributed by atoms with Crippen LogP contribution in [0.5, 0.6) is 0 Å². The average Bonchev–Trinajstić information content (AvgIpc) is 3.11. The predicted molar refractivity (Wildman–Crippen MR) is 131 cm³/mol. The summed E-state index contributed by atoms with van der Waals surface area (Å²) in [7, 11) is 0. The quantitative estimate of drug-likeness (QED) is 0.221. The van der Waals surface area contributed by atoms with Crippen LogP contribution in [0.3, 0.4) is 0 Å². The third kappa shape index (κ3) is 2.73. The molecule has 9 heteroatoms. The van der Waals surface area contributed by atoms with Crippen LogP contribution < -0.4 is 0 Å². The van der Waals surface area contributed by atoms with E-state index in [1.54, 1.807) is 6.92 Å². The third-order valence-electron chi connectivity index (χ3n) is 13.4. The van der Waals surface area contributed by atoms with E-state index < -0.39 is 75.9 Å². The van der Waals surface area contributed by atoms with Gasteiger partial charge in [0.2, 0.25) is 0 Å². The van der Waals surface area contributed by atoms with E-state index in [9.17, 15) is 35.7 Å². The van der Waals surface area contributed by atoms with Gasteiger partial charge in [-0.1, -0.05) is 13.8 Å². The molecule has 7 rings (SSSR count). The van der Waals surface area contributed by atoms with Crippen LogP contribution in [0.4, 0.5) is 0 Å². The minimum Gasteiger partial charge on any atom is -0.393 e. The Morgan fingerprint density at radius 3 is 2.41 bits per heavy atom. The van der Waals surface area contributed by atoms with Crippen LogP contribution in [0.2, 0.25) is 0 Å². The second-order valence-corrected chi connectivity index (χ2v) is 14.7. The van der Waals surface area contributed by atoms with Crippen molar-refractivity contribution in [3.8, 4) is 0 Å². The van der Waals surface area contributed by atoms with Gasteiger partial charge < -0.3 is 40.5 Å². The van der Waals surface area contributed by atoms with Crippen molar-refractivity contribution in [2.75, 3.05) is 19.7 Å². The van der Waals surface area contributed by atoms with E-state index in [0.29, 0.717) is 31.7 Å². The maximum absolute atomic E-state index is 12.6. The van der Waals surface area contributed by atoms with Gasteiger partial charge in [0.25, 0.3) is 0 Å². The highest BCUT2D eigenvalue weighted by molar-refractivity contribution is 5.30. The molecular weight excluding hydrogens is 478 g/mol. The Kier molecular flexibility index (Phi) is 5.17. The molecule has 0 aromatic carbocycles. The minimum atomic E-state index is -1.76. The topological polar surface area (TPSA) is 154 Å². The van der Waals surface area contributed by atoms with E-state index in [1.807, 2.05) is 0 Å². The van der Waals surface area contributed by atoms with Crippen molar-refractivity contribution in [1.29, 1.82) is 0 Å². The van der Waals surface area contributed by atoms with Crippen molar-refractivity contribution in [3.63, 3.8) is 0 Å². The summed E-state index contributed by atoms with van der Waals surface area (Å²) in [5.41, 5.74) is -4.27. The molecule has 3 heterocycles. The molecule has 3 aliphatic heterocycles. The molecule has 37 heavy (non-hydrogen) atoms. The molecule has 1 spiro atoms. The Labute approximate surface area is 218 Å². The molecule has 0 amide bonds. The zero-order valence-corrected chi connectivity index (χ0v) is 22.2. The van der Waals surface area contributed by atoms with E-state index in [1.165, 1.54) is 0 Å². The SMILES string of the molecule is C[C@H]1CC[C@H]2N(C1)C[C@@H]1[C@H]([C@@H](O)[C@@H](O)[C@@]3(O)[C@H]4[C@@H](O)C[C@@H]5[C@]6(O)OC[C@]4(C[C@@H]13)[C@]5(C)CC[C@H]6O)[C@]2(C)O. The van der Waals surface area contributed by atoms with Gasteiger partial charge in [-0.25, -0.2) is 0 Å². The van der Waals surface area contributed by atoms with E-state index in [4.69, 9.17) is 4.74 Å². The lowest BCUT2D eigenvalue weighted by Crippen LogP contribution is -2.78. The minimum absolute atomic E-state index is 0.0636. The Bertz CT molecular complexity index is 980. The lowest BCUT2D eigenvalue weighted by Gasteiger charge is -2.70. The van der Waals surface area contributed by atoms with Crippen molar-refractivity contribution >= 4 is 0 Å². The monoisotopic (exact) mass is 523 g/mol. The van der Waals surface area contributed by atoms with Gasteiger partial charge in [-0.2, -0.15) is 0 Å². The fourth-order valence-electron chi connectivity index (χ4n) is 11.8. The third-order valence-corrected chi connectivity index (χ3v) is 13.4. The first-order valence-corrected chi connectivity index (χ1v) is 14.5. The number of aliphatic hydroxyl groups excluding tert-OH is 4. The first-order chi connectivity index (χ1) is 17.2. The summed E-state index contributed by atoms with van der Waals surface area (Å²) in [5.74, 6) is -3.85. The number of hydrogen-bond acceptors (Lipinski definition) is 9. The predicted octanol–water partition coefficient (Wildman–Crippen LogP) is -0.566. The second kappa shape index (κ2) is 7.47. The number of piperidine rings is 2. The molecule has 7 fully saturated rings. The average molecular weight is 524 g/mol. The number of ether oxygens (including phenoxy) is 1. The van der Waals surface area contributed by atoms with Gasteiger partial charge in [0.05, 0.1) is 24.4 Å². The number of hydrogen-bond donors (Lipinski definition) is 7. The Morgan fingerprint density at radius 1 is 0.946 bits per heavy atom. The Morgan fingerprint density at radius 2 is 1.68 bits per heavy atom. The van der Waals surface area contributed by atoms with Gasteiger partial charge in [-0.15, -0.1) is 0 Å². The van der Waals surface area contributed by atoms with Crippen molar-refractivity contribution in [2.24, 2.45) is 46.3 Å². The van der Waals surface area contributed by atoms with Gasteiger partial charge >= 0.3 is 0 Å². The molecule has 0 aromatic heterocycles. The number of aliphatic hydroxyl groups is 7. The molecule has 7 N–H and O–H groups in total. The Balaban J connectivity index is 1.36. The van der Waals surface area contributed by atoms with Crippen LogP contribution >= 0.6 is 0 Å². The zero-order chi connectivity index (χ0) is 26.5. The lowest BCUT2D eigenvalue weighted by atomic mass is 9.41. The van der Waals surface area contributed by atoms with E-state index in [0.717, 1.165) is 19.4 Å².